The second-order valence-corrected chi connectivity index (χ2v) is 7.34. The van der Waals surface area contributed by atoms with Crippen LogP contribution >= 0.6 is 11.6 Å². The molecule has 1 aromatic carbocycles. The molecule has 1 aromatic heterocycles. The number of aryl methyl sites for hydroxylation is 1. The van der Waals surface area contributed by atoms with E-state index >= 15 is 0 Å². The summed E-state index contributed by atoms with van der Waals surface area (Å²) in [6.45, 7) is 3.86. The summed E-state index contributed by atoms with van der Waals surface area (Å²) in [5, 5.41) is 4.29. The monoisotopic (exact) mass is 405 g/mol. The van der Waals surface area contributed by atoms with Gasteiger partial charge >= 0.3 is 0 Å². The minimum atomic E-state index is -0.174. The molecule has 2 heterocycles. The lowest BCUT2D eigenvalue weighted by Gasteiger charge is -2.22. The molecule has 7 nitrogen and oxygen atoms in total. The largest absolute Gasteiger partial charge is 0.493 e. The first-order chi connectivity index (χ1) is 13.5. The summed E-state index contributed by atoms with van der Waals surface area (Å²) in [4.78, 5) is 28.9. The molecule has 2 aromatic rings. The maximum atomic E-state index is 12.8. The van der Waals surface area contributed by atoms with Gasteiger partial charge in [0.1, 0.15) is 5.75 Å². The lowest BCUT2D eigenvalue weighted by atomic mass is 10.1. The molecule has 0 saturated carbocycles. The van der Waals surface area contributed by atoms with Crippen molar-refractivity contribution >= 4 is 23.4 Å². The molecular formula is C20H24ClN3O4. The van der Waals surface area contributed by atoms with Gasteiger partial charge in [-0.05, 0) is 44.4 Å². The number of hydrogen-bond donors (Lipinski definition) is 0. The highest BCUT2D eigenvalue weighted by Gasteiger charge is 2.22. The molecule has 0 aliphatic carbocycles. The first-order valence-corrected chi connectivity index (χ1v) is 9.74. The van der Waals surface area contributed by atoms with E-state index in [1.165, 1.54) is 0 Å². The van der Waals surface area contributed by atoms with E-state index in [0.29, 0.717) is 54.7 Å². The Bertz CT molecular complexity index is 852. The summed E-state index contributed by atoms with van der Waals surface area (Å²) in [7, 11) is 1.76. The Hall–Kier alpha value is -2.54. The van der Waals surface area contributed by atoms with Crippen LogP contribution in [-0.4, -0.2) is 60.1 Å². The molecule has 0 N–H and O–H groups in total. The van der Waals surface area contributed by atoms with E-state index in [2.05, 4.69) is 5.16 Å². The van der Waals surface area contributed by atoms with Crippen molar-refractivity contribution in [2.75, 3.05) is 33.3 Å². The molecule has 0 saturated heterocycles. The molecule has 0 spiro atoms. The van der Waals surface area contributed by atoms with Crippen LogP contribution in [0.2, 0.25) is 5.02 Å². The number of nitrogens with zero attached hydrogens (tertiary/aromatic N) is 3. The minimum Gasteiger partial charge on any atom is -0.493 e. The zero-order valence-electron chi connectivity index (χ0n) is 16.1. The number of benzene rings is 1. The number of carbonyl (C=O) groups is 2. The van der Waals surface area contributed by atoms with Crippen molar-refractivity contribution in [2.24, 2.45) is 0 Å². The summed E-state index contributed by atoms with van der Waals surface area (Å²) in [6, 6.07) is 6.70. The predicted octanol–water partition coefficient (Wildman–Crippen LogP) is 3.41. The number of fused-ring (bicyclic) bond motifs is 1. The van der Waals surface area contributed by atoms with Crippen LogP contribution in [0.5, 0.6) is 5.75 Å². The Kier molecular flexibility index (Phi) is 6.57. The van der Waals surface area contributed by atoms with Gasteiger partial charge in [-0.2, -0.15) is 0 Å². The van der Waals surface area contributed by atoms with E-state index < -0.39 is 0 Å². The molecule has 8 heteroatoms. The van der Waals surface area contributed by atoms with Crippen LogP contribution in [-0.2, 0) is 0 Å². The van der Waals surface area contributed by atoms with Gasteiger partial charge in [-0.3, -0.25) is 9.59 Å². The molecule has 1 aliphatic heterocycles. The fraction of sp³-hybridized carbons (Fsp3) is 0.450. The molecule has 0 fully saturated rings. The minimum absolute atomic E-state index is 0.123. The van der Waals surface area contributed by atoms with Crippen molar-refractivity contribution in [3.63, 3.8) is 0 Å². The van der Waals surface area contributed by atoms with E-state index in [1.54, 1.807) is 48.0 Å². The van der Waals surface area contributed by atoms with Gasteiger partial charge in [0.2, 0.25) is 5.76 Å². The Balaban J connectivity index is 1.75. The van der Waals surface area contributed by atoms with E-state index in [-0.39, 0.29) is 17.6 Å². The van der Waals surface area contributed by atoms with Crippen molar-refractivity contribution < 1.29 is 18.8 Å². The Labute approximate surface area is 169 Å². The van der Waals surface area contributed by atoms with Crippen LogP contribution in [0.4, 0.5) is 0 Å². The second-order valence-electron chi connectivity index (χ2n) is 6.90. The normalized spacial score (nSPS) is 16.5. The van der Waals surface area contributed by atoms with Crippen molar-refractivity contribution in [1.29, 1.82) is 0 Å². The molecule has 0 bridgehead atoms. The molecule has 28 heavy (non-hydrogen) atoms. The van der Waals surface area contributed by atoms with Gasteiger partial charge in [0.15, 0.2) is 0 Å². The Morgan fingerprint density at radius 2 is 1.89 bits per heavy atom. The van der Waals surface area contributed by atoms with Crippen LogP contribution in [0.3, 0.4) is 0 Å². The Morgan fingerprint density at radius 1 is 1.14 bits per heavy atom. The van der Waals surface area contributed by atoms with Crippen LogP contribution in [0.25, 0.3) is 0 Å². The van der Waals surface area contributed by atoms with Crippen LogP contribution in [0.15, 0.2) is 28.8 Å². The lowest BCUT2D eigenvalue weighted by Crippen LogP contribution is -2.34. The highest BCUT2D eigenvalue weighted by molar-refractivity contribution is 6.31. The third-order valence-corrected chi connectivity index (χ3v) is 4.88. The standard InChI is InChI=1S/C20H24ClN3O4/c1-14-12-18(28-22-14)20(26)24-9-4-3-8-23(2)19(25)16-13-15(21)6-7-17(16)27-11-5-10-24/h6-7,12-13H,3-5,8-11H2,1-2H3. The number of carbonyl (C=O) groups excluding carboxylic acids is 2. The number of rotatable bonds is 1. The van der Waals surface area contributed by atoms with Gasteiger partial charge in [0, 0.05) is 37.8 Å². The molecule has 150 valence electrons. The summed E-state index contributed by atoms with van der Waals surface area (Å²) < 4.78 is 11.0. The van der Waals surface area contributed by atoms with Gasteiger partial charge in [-0.15, -0.1) is 0 Å². The number of ether oxygens (including phenoxy) is 1. The van der Waals surface area contributed by atoms with Crippen molar-refractivity contribution in [2.45, 2.75) is 26.2 Å². The maximum Gasteiger partial charge on any atom is 0.292 e. The summed E-state index contributed by atoms with van der Waals surface area (Å²) in [6.07, 6.45) is 2.18. The van der Waals surface area contributed by atoms with Gasteiger partial charge in [0.25, 0.3) is 11.8 Å². The fourth-order valence-electron chi connectivity index (χ4n) is 3.13. The summed E-state index contributed by atoms with van der Waals surface area (Å²) >= 11 is 6.07. The zero-order valence-corrected chi connectivity index (χ0v) is 16.9. The topological polar surface area (TPSA) is 75.9 Å². The van der Waals surface area contributed by atoms with E-state index in [9.17, 15) is 9.59 Å². The highest BCUT2D eigenvalue weighted by Crippen LogP contribution is 2.25. The van der Waals surface area contributed by atoms with E-state index in [0.717, 1.165) is 12.8 Å². The third-order valence-electron chi connectivity index (χ3n) is 4.65. The molecule has 0 radical (unpaired) electrons. The highest BCUT2D eigenvalue weighted by atomic mass is 35.5. The van der Waals surface area contributed by atoms with Crippen LogP contribution in [0.1, 0.15) is 45.9 Å². The molecule has 0 atom stereocenters. The SMILES string of the molecule is Cc1cc(C(=O)N2CCCCN(C)C(=O)c3cc(Cl)ccc3OCCC2)on1. The van der Waals surface area contributed by atoms with Gasteiger partial charge < -0.3 is 19.1 Å². The molecule has 2 amide bonds. The first-order valence-electron chi connectivity index (χ1n) is 9.36. The summed E-state index contributed by atoms with van der Waals surface area (Å²) in [5.74, 6) is 0.452. The van der Waals surface area contributed by atoms with Gasteiger partial charge in [0.05, 0.1) is 17.9 Å². The van der Waals surface area contributed by atoms with Crippen molar-refractivity contribution in [3.05, 3.63) is 46.3 Å². The van der Waals surface area contributed by atoms with Gasteiger partial charge in [-0.1, -0.05) is 16.8 Å². The van der Waals surface area contributed by atoms with Crippen LogP contribution in [0, 0.1) is 6.92 Å². The maximum absolute atomic E-state index is 12.8. The molecule has 0 unspecified atom stereocenters. The van der Waals surface area contributed by atoms with Crippen LogP contribution < -0.4 is 4.74 Å². The summed E-state index contributed by atoms with van der Waals surface area (Å²) in [5.41, 5.74) is 1.13. The molecule has 3 rings (SSSR count). The number of hydrogen-bond acceptors (Lipinski definition) is 5. The van der Waals surface area contributed by atoms with Crippen molar-refractivity contribution in [1.82, 2.24) is 15.0 Å². The first kappa shape index (κ1) is 20.2. The fourth-order valence-corrected chi connectivity index (χ4v) is 3.30. The Morgan fingerprint density at radius 3 is 2.64 bits per heavy atom. The molecular weight excluding hydrogens is 382 g/mol. The van der Waals surface area contributed by atoms with Gasteiger partial charge in [-0.25, -0.2) is 0 Å². The average molecular weight is 406 g/mol. The van der Waals surface area contributed by atoms with Crippen molar-refractivity contribution in [3.8, 4) is 5.75 Å². The average Bonchev–Trinajstić information content (AvgIpc) is 3.12. The second kappa shape index (κ2) is 9.10. The number of amides is 2. The predicted molar refractivity (Wildman–Crippen MR) is 105 cm³/mol. The lowest BCUT2D eigenvalue weighted by molar-refractivity contribution is 0.0697. The molecule has 1 aliphatic rings. The zero-order chi connectivity index (χ0) is 20.1. The van der Waals surface area contributed by atoms with E-state index in [1.807, 2.05) is 0 Å². The smallest absolute Gasteiger partial charge is 0.292 e. The number of aromatic nitrogens is 1. The number of halogens is 1. The third kappa shape index (κ3) is 4.84. The van der Waals surface area contributed by atoms with E-state index in [4.69, 9.17) is 20.9 Å². The quantitative estimate of drug-likeness (QED) is 0.726.